The van der Waals surface area contributed by atoms with Crippen LogP contribution in [-0.2, 0) is 16.1 Å². The number of ether oxygens (including phenoxy) is 1. The van der Waals surface area contributed by atoms with Gasteiger partial charge in [0.15, 0.2) is 0 Å². The molecule has 1 aromatic rings. The minimum absolute atomic E-state index is 0.0523. The Morgan fingerprint density at radius 1 is 1.50 bits per heavy atom. The molecule has 0 aliphatic carbocycles. The average molecular weight is 235 g/mol. The van der Waals surface area contributed by atoms with Gasteiger partial charge in [-0.1, -0.05) is 5.46 Å². The van der Waals surface area contributed by atoms with E-state index < -0.39 is 24.6 Å². The molecule has 0 fully saturated rings. The summed E-state index contributed by atoms with van der Waals surface area (Å²) in [5.41, 5.74) is 0.268. The zero-order valence-electron chi connectivity index (χ0n) is 8.14. The number of hydrogen-bond donors (Lipinski definition) is 0. The van der Waals surface area contributed by atoms with Gasteiger partial charge < -0.3 is 4.74 Å². The van der Waals surface area contributed by atoms with Gasteiger partial charge in [0, 0.05) is 0 Å². The SMILES string of the molecule is Bc1cc(COC(=O)C(F)(F)F)ncc1F. The lowest BCUT2D eigenvalue weighted by atomic mass is 9.96. The summed E-state index contributed by atoms with van der Waals surface area (Å²) < 4.78 is 51.9. The van der Waals surface area contributed by atoms with Crippen LogP contribution in [0.1, 0.15) is 5.69 Å². The van der Waals surface area contributed by atoms with Crippen molar-refractivity contribution in [1.82, 2.24) is 4.98 Å². The van der Waals surface area contributed by atoms with Gasteiger partial charge >= 0.3 is 12.1 Å². The zero-order chi connectivity index (χ0) is 12.3. The first-order valence-electron chi connectivity index (χ1n) is 4.15. The Labute approximate surface area is 88.8 Å². The Bertz CT molecular complexity index is 408. The van der Waals surface area contributed by atoms with Crippen molar-refractivity contribution in [1.29, 1.82) is 0 Å². The van der Waals surface area contributed by atoms with E-state index in [0.717, 1.165) is 6.20 Å². The average Bonchev–Trinajstić information content (AvgIpc) is 2.18. The van der Waals surface area contributed by atoms with Crippen molar-refractivity contribution in [2.24, 2.45) is 0 Å². The Hall–Kier alpha value is -1.60. The monoisotopic (exact) mass is 235 g/mol. The van der Waals surface area contributed by atoms with E-state index in [1.54, 1.807) is 0 Å². The molecule has 0 aliphatic rings. The second-order valence-electron chi connectivity index (χ2n) is 3.00. The van der Waals surface area contributed by atoms with E-state index in [1.807, 2.05) is 0 Å². The molecule has 1 heterocycles. The van der Waals surface area contributed by atoms with E-state index in [1.165, 1.54) is 13.9 Å². The summed E-state index contributed by atoms with van der Waals surface area (Å²) in [5.74, 6) is -2.87. The molecule has 0 bridgehead atoms. The van der Waals surface area contributed by atoms with Crippen LogP contribution >= 0.6 is 0 Å². The van der Waals surface area contributed by atoms with E-state index in [2.05, 4.69) is 9.72 Å². The van der Waals surface area contributed by atoms with E-state index in [4.69, 9.17) is 0 Å². The fourth-order valence-electron chi connectivity index (χ4n) is 0.898. The molecule has 0 unspecified atom stereocenters. The third kappa shape index (κ3) is 3.21. The predicted octanol–water partition coefficient (Wildman–Crippen LogP) is 0.0846. The summed E-state index contributed by atoms with van der Waals surface area (Å²) in [6.07, 6.45) is -4.18. The summed E-state index contributed by atoms with van der Waals surface area (Å²) in [5, 5.41) is 0. The molecule has 1 aromatic heterocycles. The Kier molecular flexibility index (Phi) is 3.51. The Morgan fingerprint density at radius 2 is 2.12 bits per heavy atom. The van der Waals surface area contributed by atoms with E-state index in [-0.39, 0.29) is 11.2 Å². The number of rotatable bonds is 2. The van der Waals surface area contributed by atoms with Crippen molar-refractivity contribution >= 4 is 19.3 Å². The zero-order valence-corrected chi connectivity index (χ0v) is 8.14. The maximum Gasteiger partial charge on any atom is 0.490 e. The molecule has 86 valence electrons. The lowest BCUT2D eigenvalue weighted by Crippen LogP contribution is -2.25. The van der Waals surface area contributed by atoms with Gasteiger partial charge in [-0.2, -0.15) is 13.2 Å². The Morgan fingerprint density at radius 3 is 2.62 bits per heavy atom. The van der Waals surface area contributed by atoms with Crippen LogP contribution < -0.4 is 5.46 Å². The Balaban J connectivity index is 2.62. The van der Waals surface area contributed by atoms with Crippen LogP contribution in [0.25, 0.3) is 0 Å². The second kappa shape index (κ2) is 4.50. The summed E-state index contributed by atoms with van der Waals surface area (Å²) >= 11 is 0. The number of aromatic nitrogens is 1. The minimum atomic E-state index is -5.03. The van der Waals surface area contributed by atoms with Crippen molar-refractivity contribution < 1.29 is 27.1 Å². The molecular formula is C8H6BF4NO2. The number of halogens is 4. The topological polar surface area (TPSA) is 39.2 Å². The minimum Gasteiger partial charge on any atom is -0.453 e. The van der Waals surface area contributed by atoms with Crippen LogP contribution in [0.2, 0.25) is 0 Å². The number of carbonyl (C=O) groups excluding carboxylic acids is 1. The summed E-state index contributed by atoms with van der Waals surface area (Å²) in [7, 11) is 1.42. The van der Waals surface area contributed by atoms with Crippen molar-refractivity contribution in [2.45, 2.75) is 12.8 Å². The molecule has 0 aliphatic heterocycles. The van der Waals surface area contributed by atoms with Gasteiger partial charge in [0.1, 0.15) is 20.3 Å². The van der Waals surface area contributed by atoms with E-state index in [0.29, 0.717) is 0 Å². The quantitative estimate of drug-likeness (QED) is 0.414. The third-order valence-electron chi connectivity index (χ3n) is 1.69. The molecule has 0 radical (unpaired) electrons. The number of nitrogens with zero attached hydrogens (tertiary/aromatic N) is 1. The van der Waals surface area contributed by atoms with Gasteiger partial charge in [-0.15, -0.1) is 0 Å². The molecule has 0 aromatic carbocycles. The molecule has 0 saturated heterocycles. The fourth-order valence-corrected chi connectivity index (χ4v) is 0.898. The summed E-state index contributed by atoms with van der Waals surface area (Å²) in [4.78, 5) is 13.8. The van der Waals surface area contributed by atoms with Crippen molar-refractivity contribution in [3.8, 4) is 0 Å². The number of carbonyl (C=O) groups is 1. The van der Waals surface area contributed by atoms with Crippen LogP contribution in [-0.4, -0.2) is 25.0 Å². The summed E-state index contributed by atoms with van der Waals surface area (Å²) in [6.45, 7) is -0.639. The highest BCUT2D eigenvalue weighted by Gasteiger charge is 2.40. The standard InChI is InChI=1S/C8H6BF4NO2/c9-5-1-4(14-2-6(5)10)3-16-7(15)8(11,12)13/h1-2H,3,9H2. The highest BCUT2D eigenvalue weighted by atomic mass is 19.4. The highest BCUT2D eigenvalue weighted by Crippen LogP contribution is 2.17. The molecule has 0 N–H and O–H groups in total. The highest BCUT2D eigenvalue weighted by molar-refractivity contribution is 6.32. The van der Waals surface area contributed by atoms with Crippen LogP contribution in [0.15, 0.2) is 12.3 Å². The van der Waals surface area contributed by atoms with Crippen molar-refractivity contribution in [3.05, 3.63) is 23.8 Å². The fraction of sp³-hybridized carbons (Fsp3) is 0.250. The number of hydrogen-bond acceptors (Lipinski definition) is 3. The van der Waals surface area contributed by atoms with Crippen LogP contribution in [0, 0.1) is 5.82 Å². The molecule has 1 rings (SSSR count). The third-order valence-corrected chi connectivity index (χ3v) is 1.69. The van der Waals surface area contributed by atoms with E-state index >= 15 is 0 Å². The molecule has 0 saturated carbocycles. The first-order chi connectivity index (χ1) is 7.30. The predicted molar refractivity (Wildman–Crippen MR) is 48.2 cm³/mol. The maximum atomic E-state index is 12.7. The smallest absolute Gasteiger partial charge is 0.453 e. The lowest BCUT2D eigenvalue weighted by Gasteiger charge is -2.07. The van der Waals surface area contributed by atoms with Gasteiger partial charge in [0.25, 0.3) is 0 Å². The lowest BCUT2D eigenvalue weighted by molar-refractivity contribution is -0.201. The molecule has 0 spiro atoms. The molecule has 0 amide bonds. The van der Waals surface area contributed by atoms with Crippen LogP contribution in [0.4, 0.5) is 17.6 Å². The van der Waals surface area contributed by atoms with Gasteiger partial charge in [-0.05, 0) is 6.07 Å². The second-order valence-corrected chi connectivity index (χ2v) is 3.00. The number of alkyl halides is 3. The molecule has 16 heavy (non-hydrogen) atoms. The molecular weight excluding hydrogens is 229 g/mol. The first-order valence-corrected chi connectivity index (χ1v) is 4.15. The van der Waals surface area contributed by atoms with Gasteiger partial charge in [0.05, 0.1) is 11.9 Å². The van der Waals surface area contributed by atoms with Crippen molar-refractivity contribution in [2.75, 3.05) is 0 Å². The maximum absolute atomic E-state index is 12.7. The van der Waals surface area contributed by atoms with E-state index in [9.17, 15) is 22.4 Å². The molecule has 8 heteroatoms. The van der Waals surface area contributed by atoms with Gasteiger partial charge in [-0.25, -0.2) is 9.18 Å². The van der Waals surface area contributed by atoms with Crippen LogP contribution in [0.5, 0.6) is 0 Å². The van der Waals surface area contributed by atoms with Gasteiger partial charge in [0.2, 0.25) is 0 Å². The molecule has 0 atom stereocenters. The largest absolute Gasteiger partial charge is 0.490 e. The number of esters is 1. The number of pyridine rings is 1. The van der Waals surface area contributed by atoms with Crippen molar-refractivity contribution in [3.63, 3.8) is 0 Å². The first kappa shape index (κ1) is 12.5. The summed E-state index contributed by atoms with van der Waals surface area (Å²) in [6, 6.07) is 1.21. The van der Waals surface area contributed by atoms with Crippen LogP contribution in [0.3, 0.4) is 0 Å². The normalized spacial score (nSPS) is 11.2. The molecule has 3 nitrogen and oxygen atoms in total. The van der Waals surface area contributed by atoms with Gasteiger partial charge in [-0.3, -0.25) is 4.98 Å².